The number of nitrogens with zero attached hydrogens (tertiary/aromatic N) is 2. The van der Waals surface area contributed by atoms with E-state index in [1.807, 2.05) is 0 Å². The molecule has 0 radical (unpaired) electrons. The fraction of sp³-hybridized carbons (Fsp3) is 0.250. The van der Waals surface area contributed by atoms with E-state index in [1.54, 1.807) is 19.1 Å². The number of carbonyl (C=O) groups excluding carboxylic acids is 1. The van der Waals surface area contributed by atoms with Crippen molar-refractivity contribution in [1.29, 1.82) is 0 Å². The van der Waals surface area contributed by atoms with Crippen molar-refractivity contribution in [2.75, 3.05) is 0 Å². The van der Waals surface area contributed by atoms with Gasteiger partial charge < -0.3 is 9.73 Å². The third kappa shape index (κ3) is 3.10. The van der Waals surface area contributed by atoms with Crippen molar-refractivity contribution in [3.05, 3.63) is 50.5 Å². The highest BCUT2D eigenvalue weighted by molar-refractivity contribution is 9.10. The normalized spacial score (nSPS) is 12.2. The summed E-state index contributed by atoms with van der Waals surface area (Å²) >= 11 is 8.76. The zero-order valence-electron chi connectivity index (χ0n) is 10.5. The average molecular weight is 361 g/mol. The molecule has 0 fully saturated rings. The molecule has 8 heteroatoms. The summed E-state index contributed by atoms with van der Waals surface area (Å²) in [4.78, 5) is 27.8. The van der Waals surface area contributed by atoms with Gasteiger partial charge in [0.1, 0.15) is 16.3 Å². The Kier molecular flexibility index (Phi) is 4.61. The summed E-state index contributed by atoms with van der Waals surface area (Å²) in [6, 6.07) is 2.77. The maximum atomic E-state index is 12.0. The summed E-state index contributed by atoms with van der Waals surface area (Å²) in [6.07, 6.45) is 2.77. The van der Waals surface area contributed by atoms with E-state index >= 15 is 0 Å². The SMILES string of the molecule is CC(C(=O)NCc1ccco1)n1cnc(Cl)c(Br)c1=O. The molecule has 0 bridgehead atoms. The highest BCUT2D eigenvalue weighted by atomic mass is 79.9. The van der Waals surface area contributed by atoms with Crippen LogP contribution in [0.15, 0.2) is 38.4 Å². The summed E-state index contributed by atoms with van der Waals surface area (Å²) in [5.41, 5.74) is -0.411. The highest BCUT2D eigenvalue weighted by Crippen LogP contribution is 2.15. The first kappa shape index (κ1) is 14.8. The van der Waals surface area contributed by atoms with Gasteiger partial charge in [-0.1, -0.05) is 11.6 Å². The van der Waals surface area contributed by atoms with Gasteiger partial charge in [-0.2, -0.15) is 0 Å². The smallest absolute Gasteiger partial charge is 0.269 e. The van der Waals surface area contributed by atoms with E-state index in [2.05, 4.69) is 26.2 Å². The van der Waals surface area contributed by atoms with Crippen LogP contribution in [-0.2, 0) is 11.3 Å². The van der Waals surface area contributed by atoms with Crippen LogP contribution in [0.3, 0.4) is 0 Å². The Hall–Kier alpha value is -1.60. The minimum atomic E-state index is -0.710. The molecule has 0 spiro atoms. The Morgan fingerprint density at radius 1 is 1.65 bits per heavy atom. The Morgan fingerprint density at radius 2 is 2.40 bits per heavy atom. The topological polar surface area (TPSA) is 77.1 Å². The molecule has 0 aromatic carbocycles. The fourth-order valence-electron chi connectivity index (χ4n) is 1.56. The summed E-state index contributed by atoms with van der Waals surface area (Å²) in [5.74, 6) is 0.313. The van der Waals surface area contributed by atoms with Gasteiger partial charge in [0, 0.05) is 0 Å². The van der Waals surface area contributed by atoms with E-state index in [1.165, 1.54) is 17.2 Å². The van der Waals surface area contributed by atoms with Crippen LogP contribution in [0, 0.1) is 0 Å². The number of halogens is 2. The van der Waals surface area contributed by atoms with Crippen LogP contribution in [0.1, 0.15) is 18.7 Å². The zero-order chi connectivity index (χ0) is 14.7. The van der Waals surface area contributed by atoms with Crippen LogP contribution < -0.4 is 10.9 Å². The molecule has 106 valence electrons. The lowest BCUT2D eigenvalue weighted by Crippen LogP contribution is -2.35. The van der Waals surface area contributed by atoms with Gasteiger partial charge in [0.2, 0.25) is 5.91 Å². The largest absolute Gasteiger partial charge is 0.467 e. The van der Waals surface area contributed by atoms with E-state index in [4.69, 9.17) is 16.0 Å². The molecule has 2 rings (SSSR count). The van der Waals surface area contributed by atoms with Gasteiger partial charge >= 0.3 is 0 Å². The van der Waals surface area contributed by atoms with Crippen LogP contribution in [-0.4, -0.2) is 15.5 Å². The number of amides is 1. The van der Waals surface area contributed by atoms with Crippen molar-refractivity contribution < 1.29 is 9.21 Å². The Bertz CT molecular complexity index is 669. The Morgan fingerprint density at radius 3 is 3.05 bits per heavy atom. The molecule has 0 saturated carbocycles. The van der Waals surface area contributed by atoms with Gasteiger partial charge in [-0.25, -0.2) is 4.98 Å². The molecule has 1 amide bonds. The molecule has 6 nitrogen and oxygen atoms in total. The number of hydrogen-bond acceptors (Lipinski definition) is 4. The molecule has 2 heterocycles. The molecule has 0 aliphatic heterocycles. The quantitative estimate of drug-likeness (QED) is 0.847. The number of hydrogen-bond donors (Lipinski definition) is 1. The van der Waals surface area contributed by atoms with Crippen molar-refractivity contribution in [2.24, 2.45) is 0 Å². The molecular formula is C12H11BrClN3O3. The lowest BCUT2D eigenvalue weighted by Gasteiger charge is -2.14. The molecule has 0 aliphatic carbocycles. The number of furan rings is 1. The molecular weight excluding hydrogens is 350 g/mol. The molecule has 0 aliphatic rings. The van der Waals surface area contributed by atoms with Crippen molar-refractivity contribution >= 4 is 33.4 Å². The number of carbonyl (C=O) groups is 1. The molecule has 2 aromatic rings. The number of nitrogens with one attached hydrogen (secondary N) is 1. The summed E-state index contributed by atoms with van der Waals surface area (Å²) in [7, 11) is 0. The van der Waals surface area contributed by atoms with Crippen LogP contribution in [0.25, 0.3) is 0 Å². The third-order valence-corrected chi connectivity index (χ3v) is 3.94. The maximum Gasteiger partial charge on any atom is 0.269 e. The van der Waals surface area contributed by atoms with Crippen molar-refractivity contribution in [1.82, 2.24) is 14.9 Å². The summed E-state index contributed by atoms with van der Waals surface area (Å²) in [5, 5.41) is 2.74. The molecule has 0 saturated heterocycles. The van der Waals surface area contributed by atoms with Crippen LogP contribution >= 0.6 is 27.5 Å². The monoisotopic (exact) mass is 359 g/mol. The first-order valence-electron chi connectivity index (χ1n) is 5.73. The minimum Gasteiger partial charge on any atom is -0.467 e. The molecule has 1 atom stereocenters. The predicted octanol–water partition coefficient (Wildman–Crippen LogP) is 2.13. The summed E-state index contributed by atoms with van der Waals surface area (Å²) in [6.45, 7) is 1.86. The van der Waals surface area contributed by atoms with Gasteiger partial charge in [0.15, 0.2) is 5.15 Å². The second-order valence-corrected chi connectivity index (χ2v) is 5.19. The lowest BCUT2D eigenvalue weighted by molar-refractivity contribution is -0.124. The number of rotatable bonds is 4. The van der Waals surface area contributed by atoms with Gasteiger partial charge in [-0.15, -0.1) is 0 Å². The van der Waals surface area contributed by atoms with Crippen LogP contribution in [0.4, 0.5) is 0 Å². The van der Waals surface area contributed by atoms with E-state index in [0.29, 0.717) is 5.76 Å². The molecule has 1 unspecified atom stereocenters. The van der Waals surface area contributed by atoms with Crippen molar-refractivity contribution in [2.45, 2.75) is 19.5 Å². The van der Waals surface area contributed by atoms with Gasteiger partial charge in [-0.05, 0) is 35.0 Å². The minimum absolute atomic E-state index is 0.0643. The third-order valence-electron chi connectivity index (χ3n) is 2.71. The Balaban J connectivity index is 2.11. The average Bonchev–Trinajstić information content (AvgIpc) is 2.95. The van der Waals surface area contributed by atoms with Crippen molar-refractivity contribution in [3.63, 3.8) is 0 Å². The van der Waals surface area contributed by atoms with Gasteiger partial charge in [0.05, 0.1) is 19.1 Å². The zero-order valence-corrected chi connectivity index (χ0v) is 12.8. The number of aromatic nitrogens is 2. The van der Waals surface area contributed by atoms with E-state index in [-0.39, 0.29) is 22.1 Å². The second kappa shape index (κ2) is 6.23. The van der Waals surface area contributed by atoms with Crippen molar-refractivity contribution in [3.8, 4) is 0 Å². The fourth-order valence-corrected chi connectivity index (χ4v) is 1.99. The van der Waals surface area contributed by atoms with E-state index in [9.17, 15) is 9.59 Å². The maximum absolute atomic E-state index is 12.0. The van der Waals surface area contributed by atoms with E-state index < -0.39 is 11.6 Å². The Labute approximate surface area is 127 Å². The summed E-state index contributed by atoms with van der Waals surface area (Å²) < 4.78 is 6.44. The van der Waals surface area contributed by atoms with E-state index in [0.717, 1.165) is 0 Å². The molecule has 20 heavy (non-hydrogen) atoms. The van der Waals surface area contributed by atoms with Gasteiger partial charge in [0.25, 0.3) is 5.56 Å². The molecule has 1 N–H and O–H groups in total. The standard InChI is InChI=1S/C12H11BrClN3O3/c1-7(11(18)15-5-8-3-2-4-20-8)17-6-16-10(14)9(13)12(17)19/h2-4,6-7H,5H2,1H3,(H,15,18). The van der Waals surface area contributed by atoms with Gasteiger partial charge in [-0.3, -0.25) is 14.2 Å². The highest BCUT2D eigenvalue weighted by Gasteiger charge is 2.18. The first-order chi connectivity index (χ1) is 9.50. The second-order valence-electron chi connectivity index (χ2n) is 4.03. The predicted molar refractivity (Wildman–Crippen MR) is 76.5 cm³/mol. The molecule has 2 aromatic heterocycles. The lowest BCUT2D eigenvalue weighted by atomic mass is 10.3. The first-order valence-corrected chi connectivity index (χ1v) is 6.90. The van der Waals surface area contributed by atoms with Crippen LogP contribution in [0.5, 0.6) is 0 Å². The van der Waals surface area contributed by atoms with Crippen LogP contribution in [0.2, 0.25) is 5.15 Å².